The van der Waals surface area contributed by atoms with Crippen molar-refractivity contribution in [2.24, 2.45) is 0 Å². The standard InChI is InChI=1S/C21H22N4O5S/c26-19(13-18-21(28)23-17-6-2-1-5-16(17)20(27)24-18)22-14-7-9-15(10-8-14)25-11-3-4-12-31(25,29)30/h1-2,5-10,18H,3-4,11-13H2,(H,22,26)(H,23,28)(H,24,27). The first-order chi connectivity index (χ1) is 14.8. The van der Waals surface area contributed by atoms with E-state index in [2.05, 4.69) is 16.0 Å². The van der Waals surface area contributed by atoms with E-state index in [1.54, 1.807) is 48.5 Å². The Morgan fingerprint density at radius 2 is 1.81 bits per heavy atom. The minimum absolute atomic E-state index is 0.129. The number of hydrogen-bond acceptors (Lipinski definition) is 5. The molecule has 2 aliphatic heterocycles. The number of rotatable bonds is 4. The Balaban J connectivity index is 1.40. The number of sulfonamides is 1. The van der Waals surface area contributed by atoms with Crippen LogP contribution < -0.4 is 20.3 Å². The van der Waals surface area contributed by atoms with Crippen molar-refractivity contribution in [1.29, 1.82) is 0 Å². The van der Waals surface area contributed by atoms with Gasteiger partial charge in [0.25, 0.3) is 5.91 Å². The second kappa shape index (κ2) is 8.38. The van der Waals surface area contributed by atoms with Gasteiger partial charge >= 0.3 is 0 Å². The van der Waals surface area contributed by atoms with Gasteiger partial charge in [0.1, 0.15) is 6.04 Å². The van der Waals surface area contributed by atoms with Gasteiger partial charge in [-0.2, -0.15) is 0 Å². The van der Waals surface area contributed by atoms with Crippen LogP contribution in [0.4, 0.5) is 17.1 Å². The maximum atomic E-state index is 12.5. The summed E-state index contributed by atoms with van der Waals surface area (Å²) in [5.74, 6) is -1.23. The van der Waals surface area contributed by atoms with Crippen molar-refractivity contribution in [2.45, 2.75) is 25.3 Å². The van der Waals surface area contributed by atoms with Crippen molar-refractivity contribution in [3.63, 3.8) is 0 Å². The lowest BCUT2D eigenvalue weighted by atomic mass is 10.1. The number of nitrogens with zero attached hydrogens (tertiary/aromatic N) is 1. The minimum Gasteiger partial charge on any atom is -0.340 e. The molecule has 1 saturated heterocycles. The molecule has 162 valence electrons. The molecule has 31 heavy (non-hydrogen) atoms. The number of carbonyl (C=O) groups excluding carboxylic acids is 3. The van der Waals surface area contributed by atoms with E-state index in [4.69, 9.17) is 0 Å². The first-order valence-corrected chi connectivity index (χ1v) is 11.6. The molecule has 0 bridgehead atoms. The van der Waals surface area contributed by atoms with E-state index in [0.717, 1.165) is 6.42 Å². The van der Waals surface area contributed by atoms with E-state index in [0.29, 0.717) is 35.6 Å². The van der Waals surface area contributed by atoms with E-state index in [1.807, 2.05) is 0 Å². The van der Waals surface area contributed by atoms with E-state index in [-0.39, 0.29) is 12.2 Å². The Morgan fingerprint density at radius 3 is 2.55 bits per heavy atom. The molecule has 2 heterocycles. The van der Waals surface area contributed by atoms with Crippen LogP contribution in [0.3, 0.4) is 0 Å². The monoisotopic (exact) mass is 442 g/mol. The van der Waals surface area contributed by atoms with E-state index >= 15 is 0 Å². The third-order valence-electron chi connectivity index (χ3n) is 5.23. The zero-order valence-corrected chi connectivity index (χ0v) is 17.4. The molecule has 2 aromatic rings. The van der Waals surface area contributed by atoms with Gasteiger partial charge in [0.15, 0.2) is 0 Å². The Morgan fingerprint density at radius 1 is 1.06 bits per heavy atom. The summed E-state index contributed by atoms with van der Waals surface area (Å²) in [5.41, 5.74) is 1.75. The van der Waals surface area contributed by atoms with Crippen LogP contribution in [0.25, 0.3) is 0 Å². The van der Waals surface area contributed by atoms with Crippen molar-refractivity contribution >= 4 is 44.8 Å². The quantitative estimate of drug-likeness (QED) is 0.665. The normalized spacial score (nSPS) is 20.1. The second-order valence-corrected chi connectivity index (χ2v) is 9.47. The molecule has 2 aromatic carbocycles. The molecule has 1 unspecified atom stereocenters. The smallest absolute Gasteiger partial charge is 0.254 e. The highest BCUT2D eigenvalue weighted by molar-refractivity contribution is 7.92. The Hall–Kier alpha value is -3.40. The molecule has 1 atom stereocenters. The van der Waals surface area contributed by atoms with Gasteiger partial charge in [0.05, 0.1) is 29.1 Å². The van der Waals surface area contributed by atoms with Gasteiger partial charge in [0.2, 0.25) is 21.8 Å². The summed E-state index contributed by atoms with van der Waals surface area (Å²) >= 11 is 0. The largest absolute Gasteiger partial charge is 0.340 e. The summed E-state index contributed by atoms with van der Waals surface area (Å²) < 4.78 is 25.8. The zero-order chi connectivity index (χ0) is 22.0. The van der Waals surface area contributed by atoms with Crippen LogP contribution in [0, 0.1) is 0 Å². The molecule has 2 aliphatic rings. The molecule has 0 aliphatic carbocycles. The van der Waals surface area contributed by atoms with Crippen molar-refractivity contribution in [3.8, 4) is 0 Å². The molecule has 0 radical (unpaired) electrons. The van der Waals surface area contributed by atoms with E-state index in [1.165, 1.54) is 4.31 Å². The third-order valence-corrected chi connectivity index (χ3v) is 7.10. The number of carbonyl (C=O) groups is 3. The van der Waals surface area contributed by atoms with Gasteiger partial charge in [-0.15, -0.1) is 0 Å². The van der Waals surface area contributed by atoms with Crippen LogP contribution in [0.5, 0.6) is 0 Å². The van der Waals surface area contributed by atoms with E-state index in [9.17, 15) is 22.8 Å². The topological polar surface area (TPSA) is 125 Å². The van der Waals surface area contributed by atoms with Crippen LogP contribution >= 0.6 is 0 Å². The number of benzene rings is 2. The summed E-state index contributed by atoms with van der Waals surface area (Å²) in [7, 11) is -3.31. The minimum atomic E-state index is -3.31. The molecule has 0 aromatic heterocycles. The Bertz CT molecular complexity index is 1130. The first-order valence-electron chi connectivity index (χ1n) is 9.94. The molecule has 3 amide bonds. The fourth-order valence-electron chi connectivity index (χ4n) is 3.64. The van der Waals surface area contributed by atoms with Crippen LogP contribution in [0.2, 0.25) is 0 Å². The number of nitrogens with one attached hydrogen (secondary N) is 3. The van der Waals surface area contributed by atoms with Crippen LogP contribution in [-0.4, -0.2) is 44.5 Å². The van der Waals surface area contributed by atoms with Crippen molar-refractivity contribution < 1.29 is 22.8 Å². The number of hydrogen-bond donors (Lipinski definition) is 3. The number of amides is 3. The zero-order valence-electron chi connectivity index (χ0n) is 16.6. The predicted octanol–water partition coefficient (Wildman–Crippen LogP) is 1.70. The molecule has 4 rings (SSSR count). The molecular formula is C21H22N4O5S. The summed E-state index contributed by atoms with van der Waals surface area (Å²) in [4.78, 5) is 37.2. The van der Waals surface area contributed by atoms with Gasteiger partial charge < -0.3 is 16.0 Å². The van der Waals surface area contributed by atoms with Crippen molar-refractivity contribution in [1.82, 2.24) is 5.32 Å². The van der Waals surface area contributed by atoms with Gasteiger partial charge in [-0.1, -0.05) is 12.1 Å². The van der Waals surface area contributed by atoms with Gasteiger partial charge in [-0.3, -0.25) is 18.7 Å². The average Bonchev–Trinajstić information content (AvgIpc) is 2.85. The highest BCUT2D eigenvalue weighted by Crippen LogP contribution is 2.25. The number of para-hydroxylation sites is 1. The Kier molecular flexibility index (Phi) is 5.64. The average molecular weight is 442 g/mol. The van der Waals surface area contributed by atoms with E-state index < -0.39 is 33.8 Å². The lowest BCUT2D eigenvalue weighted by Gasteiger charge is -2.28. The summed E-state index contributed by atoms with van der Waals surface area (Å²) in [6, 6.07) is 12.1. The highest BCUT2D eigenvalue weighted by atomic mass is 32.2. The maximum Gasteiger partial charge on any atom is 0.254 e. The van der Waals surface area contributed by atoms with Crippen LogP contribution in [0.15, 0.2) is 48.5 Å². The maximum absolute atomic E-state index is 12.5. The molecule has 0 saturated carbocycles. The third kappa shape index (κ3) is 4.53. The number of fused-ring (bicyclic) bond motifs is 1. The van der Waals surface area contributed by atoms with Crippen molar-refractivity contribution in [2.75, 3.05) is 27.2 Å². The molecule has 9 nitrogen and oxygen atoms in total. The SMILES string of the molecule is O=C(CC1NC(=O)c2ccccc2NC1=O)Nc1ccc(N2CCCCS2(=O)=O)cc1. The summed E-state index contributed by atoms with van der Waals surface area (Å²) in [6.07, 6.45) is 1.22. The van der Waals surface area contributed by atoms with Crippen LogP contribution in [0.1, 0.15) is 29.6 Å². The van der Waals surface area contributed by atoms with Crippen LogP contribution in [-0.2, 0) is 19.6 Å². The fourth-order valence-corrected chi connectivity index (χ4v) is 5.28. The lowest BCUT2D eigenvalue weighted by molar-refractivity contribution is -0.122. The molecular weight excluding hydrogens is 420 g/mol. The summed E-state index contributed by atoms with van der Waals surface area (Å²) in [5, 5.41) is 7.92. The lowest BCUT2D eigenvalue weighted by Crippen LogP contribution is -2.43. The van der Waals surface area contributed by atoms with Crippen molar-refractivity contribution in [3.05, 3.63) is 54.1 Å². The summed E-state index contributed by atoms with van der Waals surface area (Å²) in [6.45, 7) is 0.437. The first kappa shape index (κ1) is 20.9. The molecule has 10 heteroatoms. The molecule has 1 fully saturated rings. The Labute approximate surface area is 179 Å². The number of anilines is 3. The predicted molar refractivity (Wildman–Crippen MR) is 116 cm³/mol. The van der Waals surface area contributed by atoms with Gasteiger partial charge in [-0.05, 0) is 49.2 Å². The molecule has 0 spiro atoms. The molecule has 3 N–H and O–H groups in total. The highest BCUT2D eigenvalue weighted by Gasteiger charge is 2.29. The fraction of sp³-hybridized carbons (Fsp3) is 0.286. The second-order valence-electron chi connectivity index (χ2n) is 7.46. The van der Waals surface area contributed by atoms with Gasteiger partial charge in [-0.25, -0.2) is 8.42 Å². The van der Waals surface area contributed by atoms with Gasteiger partial charge in [0, 0.05) is 12.2 Å².